The number of benzene rings is 3. The molecule has 0 bridgehead atoms. The van der Waals surface area contributed by atoms with Crippen molar-refractivity contribution in [2.75, 3.05) is 14.2 Å². The second-order valence-corrected chi connectivity index (χ2v) is 10.9. The van der Waals surface area contributed by atoms with Crippen molar-refractivity contribution in [3.05, 3.63) is 110 Å². The van der Waals surface area contributed by atoms with E-state index in [0.29, 0.717) is 48.7 Å². The van der Waals surface area contributed by atoms with Gasteiger partial charge in [0.15, 0.2) is 28.2 Å². The summed E-state index contributed by atoms with van der Waals surface area (Å²) < 4.78 is 22.1. The Morgan fingerprint density at radius 2 is 1.77 bits per heavy atom. The largest absolute Gasteiger partial charge is 0.504 e. The minimum absolute atomic E-state index is 0.0180. The lowest BCUT2D eigenvalue weighted by molar-refractivity contribution is -0.122. The highest BCUT2D eigenvalue weighted by atomic mass is 35.5. The van der Waals surface area contributed by atoms with E-state index < -0.39 is 0 Å². The maximum absolute atomic E-state index is 13.5. The van der Waals surface area contributed by atoms with Gasteiger partial charge in [0.1, 0.15) is 12.4 Å². The number of hydrogen-bond donors (Lipinski definition) is 1. The highest BCUT2D eigenvalue weighted by Crippen LogP contribution is 2.36. The molecule has 1 N–H and O–H groups in total. The summed E-state index contributed by atoms with van der Waals surface area (Å²) in [4.78, 5) is 15.4. The summed E-state index contributed by atoms with van der Waals surface area (Å²) in [7, 11) is 3.01. The van der Waals surface area contributed by atoms with Gasteiger partial charge in [-0.3, -0.25) is 9.69 Å². The molecule has 0 aliphatic carbocycles. The minimum Gasteiger partial charge on any atom is -0.504 e. The van der Waals surface area contributed by atoms with Crippen LogP contribution in [0.5, 0.6) is 23.0 Å². The summed E-state index contributed by atoms with van der Waals surface area (Å²) >= 11 is 13.4. The lowest BCUT2D eigenvalue weighted by Crippen LogP contribution is -2.28. The monoisotopic (exact) mass is 637 g/mol. The molecule has 12 heteroatoms. The second-order valence-electron chi connectivity index (χ2n) is 9.07. The zero-order chi connectivity index (χ0) is 30.3. The molecule has 9 nitrogen and oxygen atoms in total. The van der Waals surface area contributed by atoms with Crippen molar-refractivity contribution in [3.8, 4) is 23.0 Å². The van der Waals surface area contributed by atoms with Crippen LogP contribution in [0.1, 0.15) is 22.5 Å². The number of thioether (sulfide) groups is 1. The van der Waals surface area contributed by atoms with E-state index in [9.17, 15) is 9.90 Å². The van der Waals surface area contributed by atoms with Gasteiger partial charge in [-0.05, 0) is 83.6 Å². The van der Waals surface area contributed by atoms with Crippen molar-refractivity contribution in [1.29, 1.82) is 0 Å². The summed E-state index contributed by atoms with van der Waals surface area (Å²) in [5.41, 5.74) is 2.17. The van der Waals surface area contributed by atoms with E-state index in [4.69, 9.17) is 41.8 Å². The third kappa shape index (κ3) is 7.34. The van der Waals surface area contributed by atoms with Crippen LogP contribution < -0.4 is 14.2 Å². The number of hydrogen-bond acceptors (Lipinski definition) is 9. The minimum atomic E-state index is -0.252. The van der Waals surface area contributed by atoms with E-state index in [2.05, 4.69) is 10.2 Å². The highest BCUT2D eigenvalue weighted by Gasteiger charge is 2.34. The molecule has 220 valence electrons. The number of methoxy groups -OCH3 is 2. The molecule has 0 radical (unpaired) electrons. The third-order valence-corrected chi connectivity index (χ3v) is 7.80. The van der Waals surface area contributed by atoms with Crippen molar-refractivity contribution >= 4 is 58.3 Å². The number of amidine groups is 1. The van der Waals surface area contributed by atoms with Crippen LogP contribution >= 0.6 is 35.0 Å². The maximum atomic E-state index is 13.5. The van der Waals surface area contributed by atoms with E-state index in [1.165, 1.54) is 36.1 Å². The molecule has 1 amide bonds. The summed E-state index contributed by atoms with van der Waals surface area (Å²) in [6, 6.07) is 18.9. The Labute approximate surface area is 262 Å². The Hall–Kier alpha value is -4.38. The topological polar surface area (TPSA) is 106 Å². The van der Waals surface area contributed by atoms with Gasteiger partial charge in [-0.15, -0.1) is 5.10 Å². The number of amides is 1. The Morgan fingerprint density at radius 3 is 2.51 bits per heavy atom. The molecule has 0 atom stereocenters. The van der Waals surface area contributed by atoms with Crippen LogP contribution in [-0.4, -0.2) is 41.5 Å². The zero-order valence-electron chi connectivity index (χ0n) is 23.0. The molecule has 43 heavy (non-hydrogen) atoms. The van der Waals surface area contributed by atoms with Gasteiger partial charge in [0.25, 0.3) is 5.91 Å². The summed E-state index contributed by atoms with van der Waals surface area (Å²) in [5.74, 6) is 1.68. The van der Waals surface area contributed by atoms with Crippen molar-refractivity contribution in [2.24, 2.45) is 10.2 Å². The molecule has 2 heterocycles. The molecule has 1 aliphatic heterocycles. The average Bonchev–Trinajstić information content (AvgIpc) is 3.62. The lowest BCUT2D eigenvalue weighted by Gasteiger charge is -2.13. The maximum Gasteiger partial charge on any atom is 0.267 e. The number of ether oxygens (including phenoxy) is 3. The summed E-state index contributed by atoms with van der Waals surface area (Å²) in [6.07, 6.45) is 4.80. The molecular weight excluding hydrogens is 613 g/mol. The van der Waals surface area contributed by atoms with E-state index >= 15 is 0 Å². The van der Waals surface area contributed by atoms with Gasteiger partial charge in [0.2, 0.25) is 0 Å². The van der Waals surface area contributed by atoms with Crippen LogP contribution in [0.2, 0.25) is 10.0 Å². The fourth-order valence-electron chi connectivity index (χ4n) is 4.04. The smallest absolute Gasteiger partial charge is 0.267 e. The Bertz CT molecular complexity index is 1720. The molecule has 0 saturated carbocycles. The molecule has 0 unspecified atom stereocenters. The van der Waals surface area contributed by atoms with Gasteiger partial charge in [0.05, 0.1) is 38.1 Å². The van der Waals surface area contributed by atoms with Crippen LogP contribution in [0.25, 0.3) is 6.08 Å². The Balaban J connectivity index is 1.37. The van der Waals surface area contributed by atoms with Crippen molar-refractivity contribution in [2.45, 2.75) is 13.2 Å². The van der Waals surface area contributed by atoms with E-state index in [-0.39, 0.29) is 24.8 Å². The van der Waals surface area contributed by atoms with Gasteiger partial charge < -0.3 is 23.7 Å². The summed E-state index contributed by atoms with van der Waals surface area (Å²) in [6.45, 7) is 0.404. The molecule has 1 aliphatic rings. The first-order chi connectivity index (χ1) is 20.8. The van der Waals surface area contributed by atoms with Gasteiger partial charge in [-0.25, -0.2) is 0 Å². The predicted octanol–water partition coefficient (Wildman–Crippen LogP) is 7.39. The average molecular weight is 639 g/mol. The zero-order valence-corrected chi connectivity index (χ0v) is 25.3. The fraction of sp³-hybridized carbons (Fsp3) is 0.129. The fourth-order valence-corrected chi connectivity index (χ4v) is 5.44. The van der Waals surface area contributed by atoms with E-state index in [1.807, 2.05) is 6.07 Å². The van der Waals surface area contributed by atoms with Crippen LogP contribution in [0.4, 0.5) is 0 Å². The van der Waals surface area contributed by atoms with E-state index in [1.54, 1.807) is 74.0 Å². The Morgan fingerprint density at radius 1 is 0.977 bits per heavy atom. The van der Waals surface area contributed by atoms with Crippen LogP contribution in [0.15, 0.2) is 92.5 Å². The number of phenolic OH excluding ortho intramolecular Hbond substituents is 1. The molecule has 1 aromatic heterocycles. The molecular formula is C31H25Cl2N3O6S. The molecule has 3 aromatic carbocycles. The van der Waals surface area contributed by atoms with Crippen LogP contribution in [0, 0.1) is 0 Å². The Kier molecular flexibility index (Phi) is 9.61. The number of carbonyl (C=O) groups is 1. The van der Waals surface area contributed by atoms with Crippen molar-refractivity contribution in [1.82, 2.24) is 4.90 Å². The molecule has 4 aromatic rings. The summed E-state index contributed by atoms with van der Waals surface area (Å²) in [5, 5.41) is 19.8. The van der Waals surface area contributed by atoms with Crippen LogP contribution in [0.3, 0.4) is 0 Å². The third-order valence-electron chi connectivity index (χ3n) is 6.22. The van der Waals surface area contributed by atoms with Gasteiger partial charge in [-0.2, -0.15) is 5.10 Å². The first kappa shape index (κ1) is 30.1. The molecule has 0 spiro atoms. The quantitative estimate of drug-likeness (QED) is 0.110. The lowest BCUT2D eigenvalue weighted by atomic mass is 10.1. The second kappa shape index (κ2) is 13.7. The van der Waals surface area contributed by atoms with Gasteiger partial charge in [0, 0.05) is 15.6 Å². The first-order valence-electron chi connectivity index (χ1n) is 12.8. The number of nitrogens with zero attached hydrogens (tertiary/aromatic N) is 3. The van der Waals surface area contributed by atoms with E-state index in [0.717, 1.165) is 11.1 Å². The molecule has 5 rings (SSSR count). The number of carbonyl (C=O) groups excluding carboxylic acids is 1. The number of halogens is 2. The number of furan rings is 1. The normalized spacial score (nSPS) is 15.2. The predicted molar refractivity (Wildman–Crippen MR) is 168 cm³/mol. The number of phenols is 1. The van der Waals surface area contributed by atoms with Gasteiger partial charge in [-0.1, -0.05) is 35.3 Å². The number of aromatic hydroxyl groups is 1. The van der Waals surface area contributed by atoms with Crippen LogP contribution in [-0.2, 0) is 17.9 Å². The molecule has 1 saturated heterocycles. The standard InChI is InChI=1S/C31H25Cl2N3O6S/c1-39-27-13-20(5-9-25(27)37)16-34-35-31-36(17-23-4-3-11-41-23)30(38)29(43-31)14-19-6-10-26(28(12-19)40-2)42-18-21-7-8-22(32)15-24(21)33/h3-16,37H,17-18H2,1-2H3/b29-14-,34-16+,35-31-. The van der Waals surface area contributed by atoms with Crippen molar-refractivity contribution in [3.63, 3.8) is 0 Å². The number of rotatable bonds is 10. The SMILES string of the molecule is COc1cc(/C=N/N=C2\S/C(=C\c3ccc(OCc4ccc(Cl)cc4Cl)c(OC)c3)C(=O)N2Cc2ccco2)ccc1O. The first-order valence-corrected chi connectivity index (χ1v) is 14.4. The highest BCUT2D eigenvalue weighted by molar-refractivity contribution is 8.18. The van der Waals surface area contributed by atoms with Crippen molar-refractivity contribution < 1.29 is 28.5 Å². The van der Waals surface area contributed by atoms with Gasteiger partial charge >= 0.3 is 0 Å². The molecule has 1 fully saturated rings.